The number of carbonyl (C=O) groups excluding carboxylic acids is 1. The monoisotopic (exact) mass is 389 g/mol. The molecule has 27 heavy (non-hydrogen) atoms. The molecular formula is C20H27N3O3S. The Balaban J connectivity index is 1.82. The SMILES string of the molecule is CN(C)C(C(=O)NCCCc1ccc(NS(C)(=O)=O)cc1)c1ccccc1. The van der Waals surface area contributed by atoms with Gasteiger partial charge in [0.2, 0.25) is 15.9 Å². The number of rotatable bonds is 9. The van der Waals surface area contributed by atoms with Gasteiger partial charge < -0.3 is 5.32 Å². The molecule has 0 aromatic heterocycles. The van der Waals surface area contributed by atoms with Gasteiger partial charge in [-0.3, -0.25) is 14.4 Å². The van der Waals surface area contributed by atoms with Crippen molar-refractivity contribution in [2.45, 2.75) is 18.9 Å². The van der Waals surface area contributed by atoms with Crippen molar-refractivity contribution in [3.63, 3.8) is 0 Å². The van der Waals surface area contributed by atoms with Crippen molar-refractivity contribution in [1.29, 1.82) is 0 Å². The molecule has 7 heteroatoms. The minimum atomic E-state index is -3.26. The van der Waals surface area contributed by atoms with Gasteiger partial charge in [0.15, 0.2) is 0 Å². The van der Waals surface area contributed by atoms with Crippen molar-refractivity contribution >= 4 is 21.6 Å². The summed E-state index contributed by atoms with van der Waals surface area (Å²) in [5.74, 6) is -0.0149. The highest BCUT2D eigenvalue weighted by Crippen LogP contribution is 2.18. The van der Waals surface area contributed by atoms with Crippen LogP contribution in [0.4, 0.5) is 5.69 Å². The molecule has 2 rings (SSSR count). The lowest BCUT2D eigenvalue weighted by molar-refractivity contribution is -0.125. The van der Waals surface area contributed by atoms with Gasteiger partial charge in [0.05, 0.1) is 6.26 Å². The molecule has 0 aliphatic rings. The van der Waals surface area contributed by atoms with Crippen molar-refractivity contribution < 1.29 is 13.2 Å². The molecule has 2 N–H and O–H groups in total. The van der Waals surface area contributed by atoms with Crippen LogP contribution in [0.1, 0.15) is 23.6 Å². The second-order valence-corrected chi connectivity index (χ2v) is 8.49. The average Bonchev–Trinajstić information content (AvgIpc) is 2.59. The molecule has 2 aromatic rings. The van der Waals surface area contributed by atoms with Crippen molar-refractivity contribution in [3.8, 4) is 0 Å². The van der Waals surface area contributed by atoms with Crippen LogP contribution in [0.3, 0.4) is 0 Å². The number of sulfonamides is 1. The fourth-order valence-electron chi connectivity index (χ4n) is 2.87. The Labute approximate surface area is 161 Å². The van der Waals surface area contributed by atoms with Crippen molar-refractivity contribution in [1.82, 2.24) is 10.2 Å². The molecule has 6 nitrogen and oxygen atoms in total. The maximum Gasteiger partial charge on any atom is 0.241 e. The number of amides is 1. The van der Waals surface area contributed by atoms with Crippen LogP contribution in [0.2, 0.25) is 0 Å². The second-order valence-electron chi connectivity index (χ2n) is 6.74. The summed E-state index contributed by atoms with van der Waals surface area (Å²) in [5, 5.41) is 3.00. The molecule has 0 radical (unpaired) electrons. The molecule has 0 spiro atoms. The second kappa shape index (κ2) is 9.53. The summed E-state index contributed by atoms with van der Waals surface area (Å²) in [4.78, 5) is 14.5. The Morgan fingerprint density at radius 2 is 1.67 bits per heavy atom. The Morgan fingerprint density at radius 1 is 1.04 bits per heavy atom. The number of anilines is 1. The third-order valence-electron chi connectivity index (χ3n) is 4.08. The van der Waals surface area contributed by atoms with E-state index >= 15 is 0 Å². The lowest BCUT2D eigenvalue weighted by atomic mass is 10.1. The van der Waals surface area contributed by atoms with E-state index in [-0.39, 0.29) is 11.9 Å². The zero-order chi connectivity index (χ0) is 19.9. The van der Waals surface area contributed by atoms with E-state index < -0.39 is 10.0 Å². The van der Waals surface area contributed by atoms with Gasteiger partial charge >= 0.3 is 0 Å². The van der Waals surface area contributed by atoms with Crippen molar-refractivity contribution in [2.24, 2.45) is 0 Å². The first-order chi connectivity index (χ1) is 12.8. The number of aryl methyl sites for hydroxylation is 1. The number of hydrogen-bond donors (Lipinski definition) is 2. The summed E-state index contributed by atoms with van der Waals surface area (Å²) in [5.41, 5.74) is 2.61. The number of carbonyl (C=O) groups is 1. The Morgan fingerprint density at radius 3 is 2.22 bits per heavy atom. The van der Waals surface area contributed by atoms with E-state index in [1.165, 1.54) is 0 Å². The van der Waals surface area contributed by atoms with Crippen LogP contribution in [0.5, 0.6) is 0 Å². The average molecular weight is 390 g/mol. The lowest BCUT2D eigenvalue weighted by Crippen LogP contribution is -2.37. The maximum atomic E-state index is 12.6. The van der Waals surface area contributed by atoms with Gasteiger partial charge in [0.1, 0.15) is 6.04 Å². The maximum absolute atomic E-state index is 12.6. The van der Waals surface area contributed by atoms with Gasteiger partial charge in [-0.1, -0.05) is 42.5 Å². The van der Waals surface area contributed by atoms with Crippen molar-refractivity contribution in [3.05, 3.63) is 65.7 Å². The number of nitrogens with one attached hydrogen (secondary N) is 2. The quantitative estimate of drug-likeness (QED) is 0.646. The first-order valence-electron chi connectivity index (χ1n) is 8.82. The number of likely N-dealkylation sites (N-methyl/N-ethyl adjacent to an activating group) is 1. The highest BCUT2D eigenvalue weighted by Gasteiger charge is 2.21. The summed E-state index contributed by atoms with van der Waals surface area (Å²) in [6, 6.07) is 16.7. The van der Waals surface area contributed by atoms with Crippen LogP contribution in [-0.4, -0.2) is 46.1 Å². The fraction of sp³-hybridized carbons (Fsp3) is 0.350. The number of benzene rings is 2. The zero-order valence-electron chi connectivity index (χ0n) is 16.0. The van der Waals surface area contributed by atoms with Crippen LogP contribution in [-0.2, 0) is 21.2 Å². The van der Waals surface area contributed by atoms with E-state index in [1.807, 2.05) is 61.5 Å². The summed E-state index contributed by atoms with van der Waals surface area (Å²) >= 11 is 0. The Hall–Kier alpha value is -2.38. The van der Waals surface area contributed by atoms with Gasteiger partial charge in [-0.25, -0.2) is 8.42 Å². The largest absolute Gasteiger partial charge is 0.354 e. The zero-order valence-corrected chi connectivity index (χ0v) is 16.8. The molecule has 1 amide bonds. The summed E-state index contributed by atoms with van der Waals surface area (Å²) < 4.78 is 24.9. The molecule has 0 aliphatic carbocycles. The number of nitrogens with zero attached hydrogens (tertiary/aromatic N) is 1. The molecule has 146 valence electrons. The van der Waals surface area contributed by atoms with E-state index in [2.05, 4.69) is 10.0 Å². The molecule has 0 saturated carbocycles. The normalized spacial score (nSPS) is 12.6. The van der Waals surface area contributed by atoms with Crippen LogP contribution in [0.25, 0.3) is 0 Å². The highest BCUT2D eigenvalue weighted by atomic mass is 32.2. The minimum Gasteiger partial charge on any atom is -0.354 e. The van der Waals surface area contributed by atoms with Gasteiger partial charge in [-0.15, -0.1) is 0 Å². The van der Waals surface area contributed by atoms with Crippen LogP contribution in [0.15, 0.2) is 54.6 Å². The standard InChI is InChI=1S/C20H27N3O3S/c1-23(2)19(17-9-5-4-6-10-17)20(24)21-15-7-8-16-11-13-18(14-12-16)22-27(3,25)26/h4-6,9-14,19,22H,7-8,15H2,1-3H3,(H,21,24). The highest BCUT2D eigenvalue weighted by molar-refractivity contribution is 7.92. The minimum absolute atomic E-state index is 0.0149. The number of hydrogen-bond acceptors (Lipinski definition) is 4. The third-order valence-corrected chi connectivity index (χ3v) is 4.69. The van der Waals surface area contributed by atoms with Gasteiger partial charge in [-0.05, 0) is 50.2 Å². The summed E-state index contributed by atoms with van der Waals surface area (Å²) in [6.45, 7) is 0.583. The van der Waals surface area contributed by atoms with E-state index in [1.54, 1.807) is 12.1 Å². The van der Waals surface area contributed by atoms with E-state index in [0.29, 0.717) is 12.2 Å². The smallest absolute Gasteiger partial charge is 0.241 e. The molecule has 0 saturated heterocycles. The lowest BCUT2D eigenvalue weighted by Gasteiger charge is -2.23. The van der Waals surface area contributed by atoms with E-state index in [4.69, 9.17) is 0 Å². The molecule has 0 fully saturated rings. The fourth-order valence-corrected chi connectivity index (χ4v) is 3.44. The molecule has 0 heterocycles. The first kappa shape index (κ1) is 20.9. The molecule has 0 aliphatic heterocycles. The van der Waals surface area contributed by atoms with Crippen LogP contribution >= 0.6 is 0 Å². The molecule has 0 bridgehead atoms. The molecular weight excluding hydrogens is 362 g/mol. The summed E-state index contributed by atoms with van der Waals surface area (Å²) in [6.07, 6.45) is 2.73. The van der Waals surface area contributed by atoms with Gasteiger partial charge in [0, 0.05) is 12.2 Å². The predicted molar refractivity (Wildman–Crippen MR) is 109 cm³/mol. The molecule has 2 aromatic carbocycles. The van der Waals surface area contributed by atoms with E-state index in [9.17, 15) is 13.2 Å². The first-order valence-corrected chi connectivity index (χ1v) is 10.7. The third kappa shape index (κ3) is 7.03. The van der Waals surface area contributed by atoms with E-state index in [0.717, 1.165) is 30.2 Å². The topological polar surface area (TPSA) is 78.5 Å². The Kier molecular flexibility index (Phi) is 7.38. The van der Waals surface area contributed by atoms with Gasteiger partial charge in [0.25, 0.3) is 0 Å². The van der Waals surface area contributed by atoms with Crippen LogP contribution < -0.4 is 10.0 Å². The predicted octanol–water partition coefficient (Wildman–Crippen LogP) is 2.41. The van der Waals surface area contributed by atoms with Crippen molar-refractivity contribution in [2.75, 3.05) is 31.6 Å². The van der Waals surface area contributed by atoms with Gasteiger partial charge in [-0.2, -0.15) is 0 Å². The molecule has 1 unspecified atom stereocenters. The molecule has 1 atom stereocenters. The Bertz CT molecular complexity index is 835. The summed E-state index contributed by atoms with van der Waals surface area (Å²) in [7, 11) is 0.524. The van der Waals surface area contributed by atoms with Crippen LogP contribution in [0, 0.1) is 0 Å².